The minimum absolute atomic E-state index is 0.509. The summed E-state index contributed by atoms with van der Waals surface area (Å²) in [6.45, 7) is 5.85. The van der Waals surface area contributed by atoms with Gasteiger partial charge >= 0.3 is 0 Å². The van der Waals surface area contributed by atoms with Gasteiger partial charge in [-0.15, -0.1) is 0 Å². The van der Waals surface area contributed by atoms with E-state index < -0.39 is 0 Å². The van der Waals surface area contributed by atoms with Gasteiger partial charge in [-0.2, -0.15) is 0 Å². The Bertz CT molecular complexity index is 214. The Morgan fingerprint density at radius 2 is 2.45 bits per heavy atom. The van der Waals surface area contributed by atoms with E-state index in [4.69, 9.17) is 5.73 Å². The van der Waals surface area contributed by atoms with Crippen LogP contribution in [0.3, 0.4) is 0 Å². The number of rotatable bonds is 2. The standard InChI is InChI=1S/C9H14N2/c1-3-9-8(4-5-10)6-7(2)11-9/h3-5,7,11H,1,6,10H2,2H3/b5-4-. The van der Waals surface area contributed by atoms with Gasteiger partial charge in [-0.3, -0.25) is 0 Å². The quantitative estimate of drug-likeness (QED) is 0.622. The number of hydrogen-bond donors (Lipinski definition) is 2. The fraction of sp³-hybridized carbons (Fsp3) is 0.333. The number of nitrogens with two attached hydrogens (primary N) is 1. The van der Waals surface area contributed by atoms with Crippen LogP contribution in [0.15, 0.2) is 36.2 Å². The summed E-state index contributed by atoms with van der Waals surface area (Å²) >= 11 is 0. The third kappa shape index (κ3) is 1.64. The summed E-state index contributed by atoms with van der Waals surface area (Å²) in [5.74, 6) is 0. The van der Waals surface area contributed by atoms with E-state index in [1.54, 1.807) is 6.20 Å². The Kier molecular flexibility index (Phi) is 2.36. The van der Waals surface area contributed by atoms with Crippen LogP contribution in [-0.4, -0.2) is 6.04 Å². The highest BCUT2D eigenvalue weighted by atomic mass is 14.9. The molecule has 11 heavy (non-hydrogen) atoms. The van der Waals surface area contributed by atoms with Crippen molar-refractivity contribution < 1.29 is 0 Å². The molecule has 1 aliphatic heterocycles. The van der Waals surface area contributed by atoms with Gasteiger partial charge < -0.3 is 11.1 Å². The van der Waals surface area contributed by atoms with Crippen LogP contribution in [0.1, 0.15) is 13.3 Å². The van der Waals surface area contributed by atoms with Crippen molar-refractivity contribution in [1.29, 1.82) is 0 Å². The third-order valence-electron chi connectivity index (χ3n) is 1.78. The van der Waals surface area contributed by atoms with Gasteiger partial charge in [0.25, 0.3) is 0 Å². The molecule has 0 bridgehead atoms. The van der Waals surface area contributed by atoms with Crippen molar-refractivity contribution in [3.8, 4) is 0 Å². The highest BCUT2D eigenvalue weighted by molar-refractivity contribution is 5.35. The molecule has 0 radical (unpaired) electrons. The molecule has 0 saturated carbocycles. The van der Waals surface area contributed by atoms with Crippen molar-refractivity contribution in [2.24, 2.45) is 5.73 Å². The van der Waals surface area contributed by atoms with E-state index in [2.05, 4.69) is 18.8 Å². The van der Waals surface area contributed by atoms with Gasteiger partial charge in [-0.1, -0.05) is 6.58 Å². The summed E-state index contributed by atoms with van der Waals surface area (Å²) in [4.78, 5) is 0. The minimum Gasteiger partial charge on any atom is -0.405 e. The lowest BCUT2D eigenvalue weighted by atomic mass is 10.1. The third-order valence-corrected chi connectivity index (χ3v) is 1.78. The summed E-state index contributed by atoms with van der Waals surface area (Å²) in [6, 6.07) is 0.509. The molecule has 1 unspecified atom stereocenters. The van der Waals surface area contributed by atoms with E-state index in [-0.39, 0.29) is 0 Å². The van der Waals surface area contributed by atoms with Crippen molar-refractivity contribution in [2.45, 2.75) is 19.4 Å². The van der Waals surface area contributed by atoms with Crippen LogP contribution in [0.25, 0.3) is 0 Å². The molecule has 0 aromatic carbocycles. The van der Waals surface area contributed by atoms with Crippen LogP contribution in [0.2, 0.25) is 0 Å². The smallest absolute Gasteiger partial charge is 0.0370 e. The summed E-state index contributed by atoms with van der Waals surface area (Å²) in [6.07, 6.45) is 6.36. The highest BCUT2D eigenvalue weighted by Gasteiger charge is 2.14. The molecule has 2 heteroatoms. The molecule has 1 heterocycles. The van der Waals surface area contributed by atoms with E-state index in [0.29, 0.717) is 6.04 Å². The van der Waals surface area contributed by atoms with Gasteiger partial charge in [0.1, 0.15) is 0 Å². The van der Waals surface area contributed by atoms with Gasteiger partial charge in [0.05, 0.1) is 0 Å². The first kappa shape index (κ1) is 7.92. The van der Waals surface area contributed by atoms with Gasteiger partial charge in [0.2, 0.25) is 0 Å². The van der Waals surface area contributed by atoms with Gasteiger partial charge in [-0.25, -0.2) is 0 Å². The molecule has 0 amide bonds. The monoisotopic (exact) mass is 150 g/mol. The lowest BCUT2D eigenvalue weighted by Crippen LogP contribution is -2.16. The SMILES string of the molecule is C=CC1=C(/C=C\N)CC(C)N1. The zero-order valence-electron chi connectivity index (χ0n) is 6.80. The largest absolute Gasteiger partial charge is 0.405 e. The first-order chi connectivity index (χ1) is 5.27. The molecule has 0 aromatic rings. The maximum atomic E-state index is 5.29. The second kappa shape index (κ2) is 3.28. The molecule has 60 valence electrons. The number of hydrogen-bond acceptors (Lipinski definition) is 2. The predicted molar refractivity (Wildman–Crippen MR) is 47.8 cm³/mol. The Balaban J connectivity index is 2.79. The zero-order valence-corrected chi connectivity index (χ0v) is 6.80. The molecular formula is C9H14N2. The Morgan fingerprint density at radius 1 is 1.73 bits per heavy atom. The van der Waals surface area contributed by atoms with E-state index >= 15 is 0 Å². The number of nitrogens with one attached hydrogen (secondary N) is 1. The fourth-order valence-electron chi connectivity index (χ4n) is 1.31. The Morgan fingerprint density at radius 3 is 3.00 bits per heavy atom. The summed E-state index contributed by atoms with van der Waals surface area (Å²) in [5, 5.41) is 3.29. The Hall–Kier alpha value is -1.18. The van der Waals surface area contributed by atoms with E-state index in [9.17, 15) is 0 Å². The average Bonchev–Trinajstić information content (AvgIpc) is 2.32. The lowest BCUT2D eigenvalue weighted by Gasteiger charge is -2.02. The van der Waals surface area contributed by atoms with Crippen molar-refractivity contribution in [3.63, 3.8) is 0 Å². The van der Waals surface area contributed by atoms with Crippen molar-refractivity contribution in [3.05, 3.63) is 36.2 Å². The molecule has 3 N–H and O–H groups in total. The zero-order chi connectivity index (χ0) is 8.27. The molecule has 0 saturated heterocycles. The average molecular weight is 150 g/mol. The number of allylic oxidation sites excluding steroid dienone is 2. The summed E-state index contributed by atoms with van der Waals surface area (Å²) < 4.78 is 0. The topological polar surface area (TPSA) is 38.0 Å². The van der Waals surface area contributed by atoms with Crippen LogP contribution in [0, 0.1) is 0 Å². The maximum Gasteiger partial charge on any atom is 0.0370 e. The van der Waals surface area contributed by atoms with Crippen LogP contribution < -0.4 is 11.1 Å². The summed E-state index contributed by atoms with van der Waals surface area (Å²) in [7, 11) is 0. The normalized spacial score (nSPS) is 24.3. The molecule has 0 aliphatic carbocycles. The molecule has 1 atom stereocenters. The highest BCUT2D eigenvalue weighted by Crippen LogP contribution is 2.19. The van der Waals surface area contributed by atoms with Crippen molar-refractivity contribution in [2.75, 3.05) is 0 Å². The van der Waals surface area contributed by atoms with Crippen molar-refractivity contribution in [1.82, 2.24) is 5.32 Å². The van der Waals surface area contributed by atoms with E-state index in [0.717, 1.165) is 12.1 Å². The summed E-state index contributed by atoms with van der Waals surface area (Å²) in [5.41, 5.74) is 7.65. The molecular weight excluding hydrogens is 136 g/mol. The first-order valence-electron chi connectivity index (χ1n) is 3.78. The van der Waals surface area contributed by atoms with Gasteiger partial charge in [-0.05, 0) is 37.3 Å². The van der Waals surface area contributed by atoms with Crippen molar-refractivity contribution >= 4 is 0 Å². The lowest BCUT2D eigenvalue weighted by molar-refractivity contribution is 0.675. The molecule has 0 fully saturated rings. The Labute approximate surface area is 67.5 Å². The molecule has 1 rings (SSSR count). The molecule has 1 aliphatic rings. The second-order valence-corrected chi connectivity index (χ2v) is 2.75. The van der Waals surface area contributed by atoms with Gasteiger partial charge in [0.15, 0.2) is 0 Å². The second-order valence-electron chi connectivity index (χ2n) is 2.75. The van der Waals surface area contributed by atoms with E-state index in [1.807, 2.05) is 12.2 Å². The van der Waals surface area contributed by atoms with Crippen LogP contribution in [0.4, 0.5) is 0 Å². The van der Waals surface area contributed by atoms with Crippen LogP contribution in [-0.2, 0) is 0 Å². The van der Waals surface area contributed by atoms with Crippen LogP contribution in [0.5, 0.6) is 0 Å². The molecule has 2 nitrogen and oxygen atoms in total. The fourth-order valence-corrected chi connectivity index (χ4v) is 1.31. The minimum atomic E-state index is 0.509. The van der Waals surface area contributed by atoms with Gasteiger partial charge in [0, 0.05) is 11.7 Å². The maximum absolute atomic E-state index is 5.29. The molecule has 0 aromatic heterocycles. The first-order valence-corrected chi connectivity index (χ1v) is 3.78. The molecule has 0 spiro atoms. The predicted octanol–water partition coefficient (Wildman–Crippen LogP) is 1.28. The van der Waals surface area contributed by atoms with E-state index in [1.165, 1.54) is 5.57 Å². The van der Waals surface area contributed by atoms with Crippen LogP contribution >= 0.6 is 0 Å².